The van der Waals surface area contributed by atoms with E-state index in [-0.39, 0.29) is 74.1 Å². The molecule has 1 heterocycles. The van der Waals surface area contributed by atoms with Gasteiger partial charge in [-0.3, -0.25) is 29.8 Å². The summed E-state index contributed by atoms with van der Waals surface area (Å²) in [7, 11) is 0. The van der Waals surface area contributed by atoms with Gasteiger partial charge < -0.3 is 19.3 Å². The van der Waals surface area contributed by atoms with E-state index in [1.54, 1.807) is 12.1 Å². The van der Waals surface area contributed by atoms with Gasteiger partial charge in [-0.05, 0) is 12.1 Å². The molecule has 0 unspecified atom stereocenters. The second kappa shape index (κ2) is 10.2. The van der Waals surface area contributed by atoms with E-state index in [2.05, 4.69) is 0 Å². The first-order valence-electron chi connectivity index (χ1n) is 9.65. The maximum Gasteiger partial charge on any atom is 0.310 e. The number of hydrogen-bond donors (Lipinski definition) is 0. The zero-order valence-electron chi connectivity index (χ0n) is 16.9. The van der Waals surface area contributed by atoms with Gasteiger partial charge in [-0.1, -0.05) is 24.3 Å². The Balaban J connectivity index is 1.46. The zero-order chi connectivity index (χ0) is 23.1. The fourth-order valence-electron chi connectivity index (χ4n) is 3.13. The molecule has 0 aliphatic carbocycles. The second-order valence-corrected chi connectivity index (χ2v) is 6.79. The Morgan fingerprint density at radius 1 is 0.719 bits per heavy atom. The van der Waals surface area contributed by atoms with Gasteiger partial charge in [0.1, 0.15) is 0 Å². The lowest BCUT2D eigenvalue weighted by molar-refractivity contribution is -0.386. The molecule has 0 N–H and O–H groups in total. The maximum atomic E-state index is 12.4. The number of nitro groups is 2. The first kappa shape index (κ1) is 22.5. The van der Waals surface area contributed by atoms with Crippen molar-refractivity contribution >= 4 is 23.2 Å². The van der Waals surface area contributed by atoms with Crippen LogP contribution in [-0.2, 0) is 9.59 Å². The van der Waals surface area contributed by atoms with Crippen LogP contribution in [0.1, 0.15) is 0 Å². The highest BCUT2D eigenvalue weighted by Gasteiger charge is 2.26. The summed E-state index contributed by atoms with van der Waals surface area (Å²) < 4.78 is 10.6. The Labute approximate surface area is 182 Å². The topological polar surface area (TPSA) is 145 Å². The number of carbonyl (C=O) groups excluding carboxylic acids is 2. The van der Waals surface area contributed by atoms with Crippen LogP contribution in [0.25, 0.3) is 0 Å². The quantitative estimate of drug-likeness (QED) is 0.441. The van der Waals surface area contributed by atoms with Gasteiger partial charge in [0.15, 0.2) is 24.7 Å². The lowest BCUT2D eigenvalue weighted by Gasteiger charge is -2.34. The molecule has 168 valence electrons. The number of nitro benzene ring substituents is 2. The van der Waals surface area contributed by atoms with Crippen LogP contribution in [0, 0.1) is 20.2 Å². The molecule has 0 aromatic heterocycles. The lowest BCUT2D eigenvalue weighted by atomic mass is 10.3. The van der Waals surface area contributed by atoms with E-state index in [1.165, 1.54) is 46.2 Å². The normalized spacial score (nSPS) is 13.4. The number of amides is 2. The smallest absolute Gasteiger partial charge is 0.310 e. The van der Waals surface area contributed by atoms with Crippen LogP contribution in [0.2, 0.25) is 0 Å². The van der Waals surface area contributed by atoms with Gasteiger partial charge in [-0.15, -0.1) is 0 Å². The highest BCUT2D eigenvalue weighted by atomic mass is 16.6. The number of ether oxygens (including phenoxy) is 2. The predicted octanol–water partition coefficient (Wildman–Crippen LogP) is 1.63. The van der Waals surface area contributed by atoms with Crippen molar-refractivity contribution in [3.63, 3.8) is 0 Å². The van der Waals surface area contributed by atoms with Crippen molar-refractivity contribution in [1.29, 1.82) is 0 Å². The van der Waals surface area contributed by atoms with Crippen LogP contribution in [0.3, 0.4) is 0 Å². The average Bonchev–Trinajstić information content (AvgIpc) is 2.81. The average molecular weight is 444 g/mol. The van der Waals surface area contributed by atoms with Gasteiger partial charge in [0.2, 0.25) is 0 Å². The number of para-hydroxylation sites is 4. The van der Waals surface area contributed by atoms with E-state index in [0.29, 0.717) is 0 Å². The first-order chi connectivity index (χ1) is 15.4. The van der Waals surface area contributed by atoms with Crippen molar-refractivity contribution < 1.29 is 28.9 Å². The number of piperazine rings is 1. The molecule has 0 spiro atoms. The van der Waals surface area contributed by atoms with Crippen molar-refractivity contribution in [2.45, 2.75) is 0 Å². The van der Waals surface area contributed by atoms with E-state index >= 15 is 0 Å². The van der Waals surface area contributed by atoms with Crippen LogP contribution >= 0.6 is 0 Å². The molecule has 1 fully saturated rings. The summed E-state index contributed by atoms with van der Waals surface area (Å²) in [6, 6.07) is 11.6. The molecule has 0 saturated carbocycles. The van der Waals surface area contributed by atoms with E-state index in [1.807, 2.05) is 0 Å². The van der Waals surface area contributed by atoms with Gasteiger partial charge in [0.05, 0.1) is 9.85 Å². The molecule has 2 amide bonds. The van der Waals surface area contributed by atoms with E-state index in [4.69, 9.17) is 9.47 Å². The third-order valence-electron chi connectivity index (χ3n) is 4.81. The number of benzene rings is 2. The van der Waals surface area contributed by atoms with Gasteiger partial charge in [-0.2, -0.15) is 0 Å². The van der Waals surface area contributed by atoms with Crippen molar-refractivity contribution in [3.8, 4) is 11.5 Å². The molecule has 1 aliphatic rings. The Bertz CT molecular complexity index is 939. The van der Waals surface area contributed by atoms with Gasteiger partial charge in [0.25, 0.3) is 11.8 Å². The summed E-state index contributed by atoms with van der Waals surface area (Å²) in [6.07, 6.45) is 0. The molecule has 2 aromatic carbocycles. The number of hydrogen-bond acceptors (Lipinski definition) is 8. The Hall–Kier alpha value is -4.22. The third-order valence-corrected chi connectivity index (χ3v) is 4.81. The molecule has 1 aliphatic heterocycles. The predicted molar refractivity (Wildman–Crippen MR) is 110 cm³/mol. The molecule has 32 heavy (non-hydrogen) atoms. The summed E-state index contributed by atoms with van der Waals surface area (Å²) in [5.74, 6) is -0.698. The van der Waals surface area contributed by atoms with Crippen LogP contribution in [0.4, 0.5) is 11.4 Å². The summed E-state index contributed by atoms with van der Waals surface area (Å²) in [4.78, 5) is 48.6. The number of nitrogens with zero attached hydrogens (tertiary/aromatic N) is 4. The fraction of sp³-hybridized carbons (Fsp3) is 0.300. The van der Waals surface area contributed by atoms with Crippen LogP contribution < -0.4 is 9.47 Å². The van der Waals surface area contributed by atoms with Gasteiger partial charge >= 0.3 is 11.4 Å². The van der Waals surface area contributed by atoms with Crippen LogP contribution in [0.5, 0.6) is 11.5 Å². The molecule has 12 nitrogen and oxygen atoms in total. The minimum absolute atomic E-state index is 0.00631. The summed E-state index contributed by atoms with van der Waals surface area (Å²) >= 11 is 0. The summed E-state index contributed by atoms with van der Waals surface area (Å²) in [5.41, 5.74) is -0.455. The minimum Gasteiger partial charge on any atom is -0.477 e. The second-order valence-electron chi connectivity index (χ2n) is 6.79. The summed E-state index contributed by atoms with van der Waals surface area (Å²) in [6.45, 7) is 0.318. The molecular formula is C20H20N4O8. The van der Waals surface area contributed by atoms with E-state index in [9.17, 15) is 29.8 Å². The molecule has 1 saturated heterocycles. The highest BCUT2D eigenvalue weighted by molar-refractivity contribution is 5.80. The lowest BCUT2D eigenvalue weighted by Crippen LogP contribution is -2.52. The SMILES string of the molecule is O=C(COc1ccccc1[N+](=O)[O-])N1CCN(C(=O)COc2ccccc2[N+](=O)[O-])CC1. The van der Waals surface area contributed by atoms with Crippen molar-refractivity contribution in [3.05, 3.63) is 68.8 Å². The highest BCUT2D eigenvalue weighted by Crippen LogP contribution is 2.26. The Kier molecular flexibility index (Phi) is 7.16. The van der Waals surface area contributed by atoms with Gasteiger partial charge in [0, 0.05) is 38.3 Å². The molecule has 0 radical (unpaired) electrons. The Morgan fingerprint density at radius 2 is 1.06 bits per heavy atom. The molecule has 3 rings (SSSR count). The molecule has 0 atom stereocenters. The minimum atomic E-state index is -0.587. The first-order valence-corrected chi connectivity index (χ1v) is 9.65. The van der Waals surface area contributed by atoms with Crippen LogP contribution in [0.15, 0.2) is 48.5 Å². The van der Waals surface area contributed by atoms with E-state index in [0.717, 1.165) is 0 Å². The Morgan fingerprint density at radius 3 is 1.41 bits per heavy atom. The van der Waals surface area contributed by atoms with Crippen molar-refractivity contribution in [2.24, 2.45) is 0 Å². The zero-order valence-corrected chi connectivity index (χ0v) is 16.9. The third kappa shape index (κ3) is 5.47. The fourth-order valence-corrected chi connectivity index (χ4v) is 3.13. The summed E-state index contributed by atoms with van der Waals surface area (Å²) in [5, 5.41) is 22.0. The number of rotatable bonds is 8. The van der Waals surface area contributed by atoms with E-state index < -0.39 is 9.85 Å². The van der Waals surface area contributed by atoms with Crippen molar-refractivity contribution in [2.75, 3.05) is 39.4 Å². The largest absolute Gasteiger partial charge is 0.477 e. The standard InChI is InChI=1S/C20H20N4O8/c25-19(13-31-17-7-3-1-5-15(17)23(27)28)21-9-11-22(12-10-21)20(26)14-32-18-8-4-2-6-16(18)24(29)30/h1-8H,9-14H2. The molecular weight excluding hydrogens is 424 g/mol. The molecule has 2 aromatic rings. The molecule has 12 heteroatoms. The monoisotopic (exact) mass is 444 g/mol. The molecule has 0 bridgehead atoms. The number of carbonyl (C=O) groups is 2. The van der Waals surface area contributed by atoms with Crippen molar-refractivity contribution in [1.82, 2.24) is 9.80 Å². The van der Waals surface area contributed by atoms with Crippen LogP contribution in [-0.4, -0.2) is 70.9 Å². The maximum absolute atomic E-state index is 12.4. The van der Waals surface area contributed by atoms with Gasteiger partial charge in [-0.25, -0.2) is 0 Å².